The second kappa shape index (κ2) is 8.99. The van der Waals surface area contributed by atoms with E-state index in [4.69, 9.17) is 21.6 Å². The van der Waals surface area contributed by atoms with Crippen molar-refractivity contribution >= 4 is 33.5 Å². The van der Waals surface area contributed by atoms with Crippen molar-refractivity contribution in [2.45, 2.75) is 25.7 Å². The van der Waals surface area contributed by atoms with Gasteiger partial charge in [-0.1, -0.05) is 17.7 Å². The lowest BCUT2D eigenvalue weighted by molar-refractivity contribution is 0.0968. The number of nitrogens with zero attached hydrogens (tertiary/aromatic N) is 4. The monoisotopic (exact) mass is 405 g/mol. The second-order valence-electron chi connectivity index (χ2n) is 6.89. The summed E-state index contributed by atoms with van der Waals surface area (Å²) in [6, 6.07) is 11.2. The number of benzene rings is 1. The van der Waals surface area contributed by atoms with Gasteiger partial charge in [0.15, 0.2) is 0 Å². The summed E-state index contributed by atoms with van der Waals surface area (Å²) in [4.78, 5) is 16.4. The van der Waals surface area contributed by atoms with Gasteiger partial charge in [0, 0.05) is 31.2 Å². The van der Waals surface area contributed by atoms with Crippen molar-refractivity contribution in [2.24, 2.45) is 0 Å². The number of hydrogen-bond donors (Lipinski definition) is 1. The van der Waals surface area contributed by atoms with Crippen molar-refractivity contribution in [1.82, 2.24) is 19.9 Å². The van der Waals surface area contributed by atoms with Crippen molar-refractivity contribution in [2.75, 3.05) is 13.2 Å². The summed E-state index contributed by atoms with van der Waals surface area (Å²) < 4.78 is 5.07. The van der Waals surface area contributed by atoms with E-state index in [1.807, 2.05) is 18.2 Å². The lowest BCUT2D eigenvalue weighted by Gasteiger charge is -2.08. The molecule has 4 heterocycles. The molecule has 0 saturated carbocycles. The number of aromatic nitrogens is 4. The summed E-state index contributed by atoms with van der Waals surface area (Å²) in [6.45, 7) is 2.00. The van der Waals surface area contributed by atoms with Crippen LogP contribution >= 0.6 is 11.6 Å². The minimum Gasteiger partial charge on any atom is -0.381 e. The molecule has 6 nitrogen and oxygen atoms in total. The first-order valence-electron chi connectivity index (χ1n) is 9.58. The molecule has 146 valence electrons. The third-order valence-electron chi connectivity index (χ3n) is 4.73. The molecule has 1 aliphatic heterocycles. The van der Waals surface area contributed by atoms with Crippen LogP contribution < -0.4 is 0 Å². The number of hydrogen-bond acceptors (Lipinski definition) is 5. The van der Waals surface area contributed by atoms with Gasteiger partial charge in [-0.2, -0.15) is 5.26 Å². The lowest BCUT2D eigenvalue weighted by atomic mass is 10.1. The molecule has 1 N–H and O–H groups in total. The minimum absolute atomic E-state index is 0.470. The first-order valence-corrected chi connectivity index (χ1v) is 9.96. The van der Waals surface area contributed by atoms with E-state index in [0.29, 0.717) is 17.1 Å². The fourth-order valence-corrected chi connectivity index (χ4v) is 3.37. The third kappa shape index (κ3) is 4.70. The number of halogens is 1. The summed E-state index contributed by atoms with van der Waals surface area (Å²) in [5.41, 5.74) is 4.11. The number of H-pyrrole nitrogens is 1. The average Bonchev–Trinajstić information content (AvgIpc) is 3.20. The number of fused-ring (bicyclic) bond motifs is 3. The summed E-state index contributed by atoms with van der Waals surface area (Å²) >= 11 is 5.80. The molecule has 1 aromatic carbocycles. The highest BCUT2D eigenvalue weighted by molar-refractivity contribution is 6.29. The molecule has 0 bridgehead atoms. The van der Waals surface area contributed by atoms with Gasteiger partial charge in [0.1, 0.15) is 11.0 Å². The zero-order valence-corrected chi connectivity index (χ0v) is 16.6. The highest BCUT2D eigenvalue weighted by Crippen LogP contribution is 2.23. The summed E-state index contributed by atoms with van der Waals surface area (Å²) in [5, 5.41) is 10.4. The van der Waals surface area contributed by atoms with Gasteiger partial charge >= 0.3 is 0 Å². The summed E-state index contributed by atoms with van der Waals surface area (Å²) in [6.07, 6.45) is 8.05. The Morgan fingerprint density at radius 2 is 1.93 bits per heavy atom. The number of nitrogens with one attached hydrogen (secondary N) is 1. The van der Waals surface area contributed by atoms with Crippen LogP contribution in [0.4, 0.5) is 0 Å². The molecule has 1 saturated heterocycles. The SMILES string of the molecule is C1CCOCC1.N#Cc1ccc2ncc3[nH]c(Cc4ccc(Cl)nc4)nc3c2c1. The third-order valence-corrected chi connectivity index (χ3v) is 4.96. The van der Waals surface area contributed by atoms with Crippen LogP contribution in [0.5, 0.6) is 0 Å². The molecule has 0 aliphatic carbocycles. The summed E-state index contributed by atoms with van der Waals surface area (Å²) in [5.74, 6) is 0.820. The number of pyridine rings is 2. The number of imidazole rings is 1. The fraction of sp³-hybridized carbons (Fsp3) is 0.273. The van der Waals surface area contributed by atoms with Crippen molar-refractivity contribution in [1.29, 1.82) is 5.26 Å². The fourth-order valence-electron chi connectivity index (χ4n) is 3.25. The molecule has 0 unspecified atom stereocenters. The van der Waals surface area contributed by atoms with Gasteiger partial charge in [0.25, 0.3) is 0 Å². The van der Waals surface area contributed by atoms with Crippen LogP contribution in [0, 0.1) is 11.3 Å². The van der Waals surface area contributed by atoms with Crippen LogP contribution in [0.1, 0.15) is 36.2 Å². The van der Waals surface area contributed by atoms with E-state index in [1.54, 1.807) is 24.5 Å². The van der Waals surface area contributed by atoms with Crippen LogP contribution in [0.15, 0.2) is 42.7 Å². The van der Waals surface area contributed by atoms with Crippen LogP contribution in [0.25, 0.3) is 21.9 Å². The number of aromatic amines is 1. The molecular formula is C22H20ClN5O. The van der Waals surface area contributed by atoms with Crippen molar-refractivity contribution in [3.63, 3.8) is 0 Å². The molecule has 7 heteroatoms. The molecule has 0 spiro atoms. The highest BCUT2D eigenvalue weighted by atomic mass is 35.5. The van der Waals surface area contributed by atoms with Crippen LogP contribution in [0.3, 0.4) is 0 Å². The maximum absolute atomic E-state index is 9.08. The minimum atomic E-state index is 0.470. The van der Waals surface area contributed by atoms with Crippen molar-refractivity contribution in [3.05, 3.63) is 64.8 Å². The van der Waals surface area contributed by atoms with E-state index in [1.165, 1.54) is 19.3 Å². The van der Waals surface area contributed by atoms with E-state index < -0.39 is 0 Å². The molecular weight excluding hydrogens is 386 g/mol. The normalized spacial score (nSPS) is 13.7. The van der Waals surface area contributed by atoms with Crippen molar-refractivity contribution < 1.29 is 4.74 Å². The maximum Gasteiger partial charge on any atom is 0.129 e. The molecule has 29 heavy (non-hydrogen) atoms. The van der Waals surface area contributed by atoms with E-state index in [-0.39, 0.29) is 0 Å². The smallest absolute Gasteiger partial charge is 0.129 e. The Kier molecular flexibility index (Phi) is 5.99. The lowest BCUT2D eigenvalue weighted by Crippen LogP contribution is -2.03. The molecule has 1 fully saturated rings. The number of rotatable bonds is 2. The van der Waals surface area contributed by atoms with E-state index in [2.05, 4.69) is 26.0 Å². The van der Waals surface area contributed by atoms with Gasteiger partial charge in [-0.3, -0.25) is 4.98 Å². The van der Waals surface area contributed by atoms with Gasteiger partial charge in [-0.25, -0.2) is 9.97 Å². The predicted octanol–water partition coefficient (Wildman–Crippen LogP) is 4.81. The van der Waals surface area contributed by atoms with Gasteiger partial charge < -0.3 is 9.72 Å². The van der Waals surface area contributed by atoms with E-state index >= 15 is 0 Å². The van der Waals surface area contributed by atoms with Crippen LogP contribution in [-0.4, -0.2) is 33.1 Å². The molecule has 3 aromatic heterocycles. The first kappa shape index (κ1) is 19.3. The highest BCUT2D eigenvalue weighted by Gasteiger charge is 2.09. The first-order chi connectivity index (χ1) is 14.2. The second-order valence-corrected chi connectivity index (χ2v) is 7.27. The number of nitriles is 1. The predicted molar refractivity (Wildman–Crippen MR) is 113 cm³/mol. The van der Waals surface area contributed by atoms with Gasteiger partial charge in [-0.15, -0.1) is 0 Å². The summed E-state index contributed by atoms with van der Waals surface area (Å²) in [7, 11) is 0. The quantitative estimate of drug-likeness (QED) is 0.483. The zero-order valence-electron chi connectivity index (χ0n) is 15.9. The molecule has 5 rings (SSSR count). The molecule has 0 amide bonds. The zero-order chi connectivity index (χ0) is 20.1. The Balaban J connectivity index is 0.000000294. The molecule has 4 aromatic rings. The Hall–Kier alpha value is -3.01. The van der Waals surface area contributed by atoms with E-state index in [9.17, 15) is 0 Å². The largest absolute Gasteiger partial charge is 0.381 e. The number of ether oxygens (including phenoxy) is 1. The Labute approximate surface area is 173 Å². The topological polar surface area (TPSA) is 87.5 Å². The average molecular weight is 406 g/mol. The molecule has 1 aliphatic rings. The van der Waals surface area contributed by atoms with Crippen molar-refractivity contribution in [3.8, 4) is 6.07 Å². The standard InChI is InChI=1S/C17H10ClN5.C5H10O/c18-15-4-2-11(8-21-15)6-16-22-14-9-20-13-3-1-10(7-19)5-12(13)17(14)23-16;1-2-4-6-5-3-1/h1-5,8-9H,6H2,(H,22,23);1-5H2. The van der Waals surface area contributed by atoms with Crippen LogP contribution in [-0.2, 0) is 11.2 Å². The van der Waals surface area contributed by atoms with Gasteiger partial charge in [-0.05, 0) is 49.1 Å². The van der Waals surface area contributed by atoms with E-state index in [0.717, 1.165) is 46.5 Å². The Morgan fingerprint density at radius 3 is 2.59 bits per heavy atom. The van der Waals surface area contributed by atoms with Crippen LogP contribution in [0.2, 0.25) is 5.15 Å². The molecule has 0 radical (unpaired) electrons. The Bertz CT molecular complexity index is 1150. The Morgan fingerprint density at radius 1 is 1.07 bits per heavy atom. The van der Waals surface area contributed by atoms with Gasteiger partial charge in [0.05, 0.1) is 34.4 Å². The maximum atomic E-state index is 9.08. The van der Waals surface area contributed by atoms with Gasteiger partial charge in [0.2, 0.25) is 0 Å². The molecule has 0 atom stereocenters.